The molecule has 1 aliphatic rings. The van der Waals surface area contributed by atoms with E-state index in [1.165, 1.54) is 5.56 Å². The highest BCUT2D eigenvalue weighted by atomic mass is 32.1. The smallest absolute Gasteiger partial charge is 0.321 e. The monoisotopic (exact) mass is 274 g/mol. The number of aromatic nitrogens is 1. The third kappa shape index (κ3) is 2.52. The Hall–Kier alpha value is -1.72. The molecule has 2 aromatic rings. The van der Waals surface area contributed by atoms with E-state index in [1.54, 1.807) is 17.5 Å². The average Bonchev–Trinajstić information content (AvgIpc) is 2.90. The van der Waals surface area contributed by atoms with E-state index in [0.717, 1.165) is 10.6 Å². The summed E-state index contributed by atoms with van der Waals surface area (Å²) in [7, 11) is 0. The molecule has 1 atom stereocenters. The average molecular weight is 274 g/mol. The van der Waals surface area contributed by atoms with E-state index in [-0.39, 0.29) is 0 Å². The number of carboxylic acid groups (broad SMARTS) is 1. The molecule has 5 heteroatoms. The van der Waals surface area contributed by atoms with Crippen LogP contribution in [-0.2, 0) is 24.3 Å². The summed E-state index contributed by atoms with van der Waals surface area (Å²) in [6, 6.07) is 7.60. The van der Waals surface area contributed by atoms with Gasteiger partial charge in [0.2, 0.25) is 0 Å². The maximum Gasteiger partial charge on any atom is 0.321 e. The van der Waals surface area contributed by atoms with Crippen molar-refractivity contribution >= 4 is 17.3 Å². The van der Waals surface area contributed by atoms with Crippen molar-refractivity contribution in [3.05, 3.63) is 52.0 Å². The van der Waals surface area contributed by atoms with Gasteiger partial charge in [-0.3, -0.25) is 9.69 Å². The van der Waals surface area contributed by atoms with Gasteiger partial charge in [0.15, 0.2) is 0 Å². The molecule has 1 aromatic carbocycles. The molecule has 0 radical (unpaired) electrons. The standard InChI is InChI=1S/C14H14N2O2S/c17-14(18)12-7-10-3-1-2-4-11(10)8-16(12)9-13-15-5-6-19-13/h1-6,12H,7-9H2,(H,17,18)/t12-/m0/s1. The Labute approximate surface area is 115 Å². The summed E-state index contributed by atoms with van der Waals surface area (Å²) in [4.78, 5) is 17.7. The summed E-state index contributed by atoms with van der Waals surface area (Å²) in [6.45, 7) is 1.27. The highest BCUT2D eigenvalue weighted by molar-refractivity contribution is 7.09. The quantitative estimate of drug-likeness (QED) is 0.932. The van der Waals surface area contributed by atoms with Crippen LogP contribution < -0.4 is 0 Å². The summed E-state index contributed by atoms with van der Waals surface area (Å²) in [6.07, 6.45) is 2.32. The van der Waals surface area contributed by atoms with E-state index in [4.69, 9.17) is 0 Å². The normalized spacial score (nSPS) is 19.1. The minimum Gasteiger partial charge on any atom is -0.480 e. The summed E-state index contributed by atoms with van der Waals surface area (Å²) >= 11 is 1.57. The minimum atomic E-state index is -0.758. The van der Waals surface area contributed by atoms with Crippen LogP contribution in [0.3, 0.4) is 0 Å². The van der Waals surface area contributed by atoms with Crippen molar-refractivity contribution in [2.75, 3.05) is 0 Å². The van der Waals surface area contributed by atoms with Gasteiger partial charge in [-0.05, 0) is 17.5 Å². The molecule has 0 saturated carbocycles. The number of aliphatic carboxylic acids is 1. The van der Waals surface area contributed by atoms with E-state index in [2.05, 4.69) is 11.1 Å². The molecule has 0 amide bonds. The Morgan fingerprint density at radius 1 is 1.42 bits per heavy atom. The van der Waals surface area contributed by atoms with E-state index in [0.29, 0.717) is 19.5 Å². The fourth-order valence-electron chi connectivity index (χ4n) is 2.49. The van der Waals surface area contributed by atoms with Crippen molar-refractivity contribution in [2.24, 2.45) is 0 Å². The zero-order valence-electron chi connectivity index (χ0n) is 10.3. The molecular weight excluding hydrogens is 260 g/mol. The summed E-state index contributed by atoms with van der Waals surface area (Å²) in [5.74, 6) is -0.758. The Balaban J connectivity index is 1.87. The fraction of sp³-hybridized carbons (Fsp3) is 0.286. The maximum absolute atomic E-state index is 11.4. The molecule has 1 N–H and O–H groups in total. The molecule has 4 nitrogen and oxygen atoms in total. The summed E-state index contributed by atoms with van der Waals surface area (Å²) < 4.78 is 0. The second-order valence-electron chi connectivity index (χ2n) is 4.66. The molecule has 0 aliphatic carbocycles. The molecule has 0 spiro atoms. The largest absolute Gasteiger partial charge is 0.480 e. The molecule has 1 aromatic heterocycles. The van der Waals surface area contributed by atoms with Crippen LogP contribution in [0.5, 0.6) is 0 Å². The highest BCUT2D eigenvalue weighted by Crippen LogP contribution is 2.25. The lowest BCUT2D eigenvalue weighted by molar-refractivity contribution is -0.144. The molecule has 2 heterocycles. The summed E-state index contributed by atoms with van der Waals surface area (Å²) in [5.41, 5.74) is 2.36. The molecular formula is C14H14N2O2S. The SMILES string of the molecule is O=C(O)[C@@H]1Cc2ccccc2CN1Cc1nccs1. The Morgan fingerprint density at radius 2 is 2.21 bits per heavy atom. The molecule has 0 unspecified atom stereocenters. The number of benzene rings is 1. The van der Waals surface area contributed by atoms with E-state index in [1.807, 2.05) is 28.5 Å². The Bertz CT molecular complexity index is 583. The minimum absolute atomic E-state index is 0.459. The zero-order chi connectivity index (χ0) is 13.2. The predicted molar refractivity (Wildman–Crippen MR) is 72.9 cm³/mol. The lowest BCUT2D eigenvalue weighted by Crippen LogP contribution is -2.44. The van der Waals surface area contributed by atoms with Crippen molar-refractivity contribution in [1.29, 1.82) is 0 Å². The van der Waals surface area contributed by atoms with Gasteiger partial charge in [-0.1, -0.05) is 24.3 Å². The first-order chi connectivity index (χ1) is 9.24. The van der Waals surface area contributed by atoms with Gasteiger partial charge < -0.3 is 5.11 Å². The number of rotatable bonds is 3. The first kappa shape index (κ1) is 12.3. The molecule has 0 bridgehead atoms. The highest BCUT2D eigenvalue weighted by Gasteiger charge is 2.31. The van der Waals surface area contributed by atoms with Crippen LogP contribution in [0.15, 0.2) is 35.8 Å². The van der Waals surface area contributed by atoms with Crippen LogP contribution in [0, 0.1) is 0 Å². The van der Waals surface area contributed by atoms with Crippen molar-refractivity contribution < 1.29 is 9.90 Å². The number of carboxylic acids is 1. The Kier molecular flexibility index (Phi) is 3.31. The number of hydrogen-bond donors (Lipinski definition) is 1. The van der Waals surface area contributed by atoms with Gasteiger partial charge in [0.1, 0.15) is 11.0 Å². The first-order valence-electron chi connectivity index (χ1n) is 6.16. The predicted octanol–water partition coefficient (Wildman–Crippen LogP) is 2.15. The van der Waals surface area contributed by atoms with Gasteiger partial charge in [0.25, 0.3) is 0 Å². The number of carbonyl (C=O) groups is 1. The molecule has 19 heavy (non-hydrogen) atoms. The number of thiazole rings is 1. The lowest BCUT2D eigenvalue weighted by atomic mass is 9.94. The van der Waals surface area contributed by atoms with Crippen molar-refractivity contribution in [3.63, 3.8) is 0 Å². The van der Waals surface area contributed by atoms with Crippen molar-refractivity contribution in [3.8, 4) is 0 Å². The zero-order valence-corrected chi connectivity index (χ0v) is 11.1. The second kappa shape index (κ2) is 5.11. The van der Waals surface area contributed by atoms with Gasteiger partial charge in [0, 0.05) is 18.1 Å². The second-order valence-corrected chi connectivity index (χ2v) is 5.64. The van der Waals surface area contributed by atoms with Crippen LogP contribution in [0.25, 0.3) is 0 Å². The van der Waals surface area contributed by atoms with Crippen LogP contribution in [0.1, 0.15) is 16.1 Å². The van der Waals surface area contributed by atoms with E-state index in [9.17, 15) is 9.90 Å². The van der Waals surface area contributed by atoms with Crippen molar-refractivity contribution in [1.82, 2.24) is 9.88 Å². The molecule has 98 valence electrons. The van der Waals surface area contributed by atoms with Crippen LogP contribution in [-0.4, -0.2) is 27.0 Å². The van der Waals surface area contributed by atoms with E-state index >= 15 is 0 Å². The van der Waals surface area contributed by atoms with Crippen LogP contribution in [0.4, 0.5) is 0 Å². The first-order valence-corrected chi connectivity index (χ1v) is 7.04. The number of hydrogen-bond acceptors (Lipinski definition) is 4. The van der Waals surface area contributed by atoms with Gasteiger partial charge >= 0.3 is 5.97 Å². The Morgan fingerprint density at radius 3 is 2.89 bits per heavy atom. The van der Waals surface area contributed by atoms with Crippen LogP contribution in [0.2, 0.25) is 0 Å². The third-order valence-corrected chi connectivity index (χ3v) is 4.22. The lowest BCUT2D eigenvalue weighted by Gasteiger charge is -2.33. The van der Waals surface area contributed by atoms with Crippen molar-refractivity contribution in [2.45, 2.75) is 25.6 Å². The maximum atomic E-state index is 11.4. The summed E-state index contributed by atoms with van der Waals surface area (Å²) in [5, 5.41) is 12.3. The topological polar surface area (TPSA) is 53.4 Å². The molecule has 3 rings (SSSR count). The van der Waals surface area contributed by atoms with Gasteiger partial charge in [0.05, 0.1) is 6.54 Å². The molecule has 1 aliphatic heterocycles. The van der Waals surface area contributed by atoms with Gasteiger partial charge in [-0.2, -0.15) is 0 Å². The number of fused-ring (bicyclic) bond motifs is 1. The van der Waals surface area contributed by atoms with Crippen LogP contribution >= 0.6 is 11.3 Å². The fourth-order valence-corrected chi connectivity index (χ4v) is 3.13. The van der Waals surface area contributed by atoms with Gasteiger partial charge in [-0.25, -0.2) is 4.98 Å². The molecule has 0 fully saturated rings. The van der Waals surface area contributed by atoms with Gasteiger partial charge in [-0.15, -0.1) is 11.3 Å². The third-order valence-electron chi connectivity index (χ3n) is 3.45. The van der Waals surface area contributed by atoms with E-state index < -0.39 is 12.0 Å². The number of nitrogens with zero attached hydrogens (tertiary/aromatic N) is 2. The molecule has 0 saturated heterocycles.